The van der Waals surface area contributed by atoms with Crippen molar-refractivity contribution in [3.05, 3.63) is 0 Å². The predicted octanol–water partition coefficient (Wildman–Crippen LogP) is 13.1. The maximum Gasteiger partial charge on any atom is 0.00387 e. The lowest BCUT2D eigenvalue weighted by atomic mass is 10.0. The van der Waals surface area contributed by atoms with Crippen LogP contribution in [-0.4, -0.2) is 12.6 Å². The fourth-order valence-electron chi connectivity index (χ4n) is 5.77. The summed E-state index contributed by atoms with van der Waals surface area (Å²) in [6.07, 6.45) is 45.1. The van der Waals surface area contributed by atoms with E-state index < -0.39 is 0 Å². The fraction of sp³-hybridized carbons (Fsp3) is 1.00. The first-order chi connectivity index (χ1) is 18.3. The van der Waals surface area contributed by atoms with E-state index in [1.54, 1.807) is 0 Å². The van der Waals surface area contributed by atoms with Gasteiger partial charge in [0, 0.05) is 6.04 Å². The number of hydrogen-bond donors (Lipinski definition) is 1. The molecule has 1 N–H and O–H groups in total. The molecule has 0 aliphatic heterocycles. The summed E-state index contributed by atoms with van der Waals surface area (Å²) in [6, 6.07) is 0.716. The van der Waals surface area contributed by atoms with E-state index in [1.807, 2.05) is 0 Å². The highest BCUT2D eigenvalue weighted by atomic mass is 14.9. The van der Waals surface area contributed by atoms with Crippen molar-refractivity contribution in [3.63, 3.8) is 0 Å². The van der Waals surface area contributed by atoms with Crippen LogP contribution >= 0.6 is 0 Å². The molecule has 0 bridgehead atoms. The minimum atomic E-state index is 0.716. The smallest absolute Gasteiger partial charge is 0.00387 e. The van der Waals surface area contributed by atoms with Gasteiger partial charge < -0.3 is 5.32 Å². The van der Waals surface area contributed by atoms with Gasteiger partial charge >= 0.3 is 0 Å². The monoisotopic (exact) mass is 522 g/mol. The van der Waals surface area contributed by atoms with Crippen LogP contribution in [-0.2, 0) is 0 Å². The number of nitrogens with one attached hydrogen (secondary N) is 1. The fourth-order valence-corrected chi connectivity index (χ4v) is 5.77. The highest BCUT2D eigenvalue weighted by Gasteiger charge is 2.01. The van der Waals surface area contributed by atoms with Crippen LogP contribution < -0.4 is 5.32 Å². The summed E-state index contributed by atoms with van der Waals surface area (Å²) >= 11 is 0. The quantitative estimate of drug-likeness (QED) is 0.0846. The van der Waals surface area contributed by atoms with Crippen LogP contribution in [0.2, 0.25) is 0 Å². The van der Waals surface area contributed by atoms with E-state index in [9.17, 15) is 0 Å². The molecule has 0 fully saturated rings. The van der Waals surface area contributed by atoms with Gasteiger partial charge in [-0.2, -0.15) is 0 Å². The van der Waals surface area contributed by atoms with E-state index in [1.165, 1.54) is 206 Å². The first-order valence-corrected chi connectivity index (χ1v) is 18.0. The van der Waals surface area contributed by atoms with E-state index in [0.29, 0.717) is 6.04 Å². The Balaban J connectivity index is 3.13. The third-order valence-electron chi connectivity index (χ3n) is 8.51. The van der Waals surface area contributed by atoms with Crippen molar-refractivity contribution in [2.24, 2.45) is 0 Å². The van der Waals surface area contributed by atoms with Gasteiger partial charge in [-0.15, -0.1) is 0 Å². The standard InChI is InChI=1S/C36H75N/c1-4-6-8-10-12-14-16-18-20-21-23-25-27-29-31-33-35-37-36(3)34-32-30-28-26-24-22-19-17-15-13-11-9-7-5-2/h36-37H,4-35H2,1-3H3. The molecule has 1 heteroatoms. The first kappa shape index (κ1) is 37.0. The van der Waals surface area contributed by atoms with Crippen molar-refractivity contribution in [1.29, 1.82) is 0 Å². The molecule has 0 aliphatic rings. The van der Waals surface area contributed by atoms with Crippen molar-refractivity contribution < 1.29 is 0 Å². The minimum Gasteiger partial charge on any atom is -0.314 e. The van der Waals surface area contributed by atoms with Crippen LogP contribution in [0.5, 0.6) is 0 Å². The zero-order chi connectivity index (χ0) is 26.9. The Hall–Kier alpha value is -0.0400. The van der Waals surface area contributed by atoms with Crippen molar-refractivity contribution in [3.8, 4) is 0 Å². The van der Waals surface area contributed by atoms with Crippen LogP contribution in [0.4, 0.5) is 0 Å². The highest BCUT2D eigenvalue weighted by molar-refractivity contribution is 4.61. The van der Waals surface area contributed by atoms with Crippen LogP contribution in [0.25, 0.3) is 0 Å². The molecular weight excluding hydrogens is 446 g/mol. The van der Waals surface area contributed by atoms with E-state index in [-0.39, 0.29) is 0 Å². The van der Waals surface area contributed by atoms with Crippen molar-refractivity contribution >= 4 is 0 Å². The largest absolute Gasteiger partial charge is 0.314 e. The van der Waals surface area contributed by atoms with Crippen LogP contribution in [0, 0.1) is 0 Å². The first-order valence-electron chi connectivity index (χ1n) is 18.0. The van der Waals surface area contributed by atoms with E-state index in [4.69, 9.17) is 0 Å². The lowest BCUT2D eigenvalue weighted by molar-refractivity contribution is 0.462. The molecule has 0 rings (SSSR count). The summed E-state index contributed by atoms with van der Waals surface area (Å²) in [5.41, 5.74) is 0. The van der Waals surface area contributed by atoms with Gasteiger partial charge in [-0.1, -0.05) is 200 Å². The second kappa shape index (κ2) is 34.0. The predicted molar refractivity (Wildman–Crippen MR) is 172 cm³/mol. The zero-order valence-electron chi connectivity index (χ0n) is 26.7. The van der Waals surface area contributed by atoms with Gasteiger partial charge in [-0.25, -0.2) is 0 Å². The topological polar surface area (TPSA) is 12.0 Å². The number of hydrogen-bond acceptors (Lipinski definition) is 1. The zero-order valence-corrected chi connectivity index (χ0v) is 26.7. The Morgan fingerprint density at radius 1 is 0.324 bits per heavy atom. The average Bonchev–Trinajstić information content (AvgIpc) is 2.90. The Morgan fingerprint density at radius 3 is 0.865 bits per heavy atom. The molecule has 1 nitrogen and oxygen atoms in total. The molecule has 0 aromatic heterocycles. The van der Waals surface area contributed by atoms with Gasteiger partial charge in [-0.05, 0) is 26.3 Å². The average molecular weight is 522 g/mol. The van der Waals surface area contributed by atoms with Gasteiger partial charge in [0.2, 0.25) is 0 Å². The van der Waals surface area contributed by atoms with Gasteiger partial charge in [0.15, 0.2) is 0 Å². The summed E-state index contributed by atoms with van der Waals surface area (Å²) in [5.74, 6) is 0. The number of rotatable bonds is 33. The van der Waals surface area contributed by atoms with Gasteiger partial charge in [-0.3, -0.25) is 0 Å². The normalized spacial score (nSPS) is 12.4. The molecule has 0 aromatic rings. The Bertz CT molecular complexity index is 379. The van der Waals surface area contributed by atoms with Crippen molar-refractivity contribution in [2.75, 3.05) is 6.54 Å². The van der Waals surface area contributed by atoms with Gasteiger partial charge in [0.05, 0.1) is 0 Å². The Kier molecular flexibility index (Phi) is 34.0. The summed E-state index contributed by atoms with van der Waals surface area (Å²) in [6.45, 7) is 8.24. The molecule has 0 saturated carbocycles. The molecule has 0 radical (unpaired) electrons. The molecule has 1 atom stereocenters. The van der Waals surface area contributed by atoms with Crippen molar-refractivity contribution in [1.82, 2.24) is 5.32 Å². The highest BCUT2D eigenvalue weighted by Crippen LogP contribution is 2.15. The lowest BCUT2D eigenvalue weighted by Gasteiger charge is -2.13. The summed E-state index contributed by atoms with van der Waals surface area (Å²) in [5, 5.41) is 3.78. The Labute approximate surface area is 237 Å². The minimum absolute atomic E-state index is 0.716. The molecule has 224 valence electrons. The lowest BCUT2D eigenvalue weighted by Crippen LogP contribution is -2.26. The van der Waals surface area contributed by atoms with E-state index in [0.717, 1.165) is 0 Å². The molecular formula is C36H75N. The maximum atomic E-state index is 3.78. The third kappa shape index (κ3) is 33.9. The molecule has 0 spiro atoms. The maximum absolute atomic E-state index is 3.78. The van der Waals surface area contributed by atoms with Crippen LogP contribution in [0.3, 0.4) is 0 Å². The van der Waals surface area contributed by atoms with Gasteiger partial charge in [0.1, 0.15) is 0 Å². The molecule has 0 saturated heterocycles. The summed E-state index contributed by atoms with van der Waals surface area (Å²) in [4.78, 5) is 0. The molecule has 0 heterocycles. The molecule has 0 aliphatic carbocycles. The molecule has 1 unspecified atom stereocenters. The third-order valence-corrected chi connectivity index (χ3v) is 8.51. The van der Waals surface area contributed by atoms with Gasteiger partial charge in [0.25, 0.3) is 0 Å². The van der Waals surface area contributed by atoms with Crippen molar-refractivity contribution in [2.45, 2.75) is 226 Å². The summed E-state index contributed by atoms with van der Waals surface area (Å²) in [7, 11) is 0. The molecule has 0 aromatic carbocycles. The molecule has 37 heavy (non-hydrogen) atoms. The number of unbranched alkanes of at least 4 members (excludes halogenated alkanes) is 28. The van der Waals surface area contributed by atoms with Crippen LogP contribution in [0.15, 0.2) is 0 Å². The van der Waals surface area contributed by atoms with Crippen LogP contribution in [0.1, 0.15) is 220 Å². The summed E-state index contributed by atoms with van der Waals surface area (Å²) < 4.78 is 0. The second-order valence-corrected chi connectivity index (χ2v) is 12.5. The van der Waals surface area contributed by atoms with E-state index in [2.05, 4.69) is 26.1 Å². The van der Waals surface area contributed by atoms with E-state index >= 15 is 0 Å². The second-order valence-electron chi connectivity index (χ2n) is 12.5. The molecule has 0 amide bonds. The Morgan fingerprint density at radius 2 is 0.568 bits per heavy atom. The SMILES string of the molecule is CCCCCCCCCCCCCCCCCCNC(C)CCCCCCCCCCCCCCCC.